The summed E-state index contributed by atoms with van der Waals surface area (Å²) < 4.78 is 12.5. The van der Waals surface area contributed by atoms with Gasteiger partial charge in [0.25, 0.3) is 5.91 Å². The molecule has 1 aromatic heterocycles. The SMILES string of the molecule is COc1cccc(/C=C(/C(=O)NC2COc3ccccc3C2)n2nnnc2C)c1. The third-order valence-electron chi connectivity index (χ3n) is 4.70. The van der Waals surface area contributed by atoms with Crippen molar-refractivity contribution in [1.82, 2.24) is 25.5 Å². The van der Waals surface area contributed by atoms with Crippen LogP contribution in [-0.2, 0) is 11.2 Å². The van der Waals surface area contributed by atoms with Gasteiger partial charge >= 0.3 is 0 Å². The van der Waals surface area contributed by atoms with Gasteiger partial charge in [0, 0.05) is 0 Å². The van der Waals surface area contributed by atoms with Crippen LogP contribution in [0.3, 0.4) is 0 Å². The molecule has 2 aromatic carbocycles. The smallest absolute Gasteiger partial charge is 0.270 e. The molecular weight excluding hydrogens is 370 g/mol. The Balaban J connectivity index is 1.61. The number of aromatic nitrogens is 4. The van der Waals surface area contributed by atoms with Crippen LogP contribution < -0.4 is 14.8 Å². The van der Waals surface area contributed by atoms with E-state index in [9.17, 15) is 4.79 Å². The Morgan fingerprint density at radius 1 is 1.28 bits per heavy atom. The molecular formula is C21H21N5O3. The van der Waals surface area contributed by atoms with Gasteiger partial charge in [0.2, 0.25) is 0 Å². The van der Waals surface area contributed by atoms with Gasteiger partial charge in [-0.3, -0.25) is 4.79 Å². The summed E-state index contributed by atoms with van der Waals surface area (Å²) in [6.45, 7) is 2.15. The number of methoxy groups -OCH3 is 1. The second-order valence-electron chi connectivity index (χ2n) is 6.74. The van der Waals surface area contributed by atoms with Crippen LogP contribution in [0.2, 0.25) is 0 Å². The lowest BCUT2D eigenvalue weighted by atomic mass is 10.0. The molecule has 1 atom stereocenters. The number of carbonyl (C=O) groups excluding carboxylic acids is 1. The third kappa shape index (κ3) is 4.11. The van der Waals surface area contributed by atoms with Gasteiger partial charge in [0.05, 0.1) is 13.2 Å². The van der Waals surface area contributed by atoms with Crippen LogP contribution in [0.25, 0.3) is 11.8 Å². The average molecular weight is 391 g/mol. The molecule has 0 aliphatic carbocycles. The molecule has 1 aliphatic rings. The second kappa shape index (κ2) is 8.14. The minimum absolute atomic E-state index is 0.150. The highest BCUT2D eigenvalue weighted by Crippen LogP contribution is 2.24. The number of rotatable bonds is 5. The average Bonchev–Trinajstić information content (AvgIpc) is 3.17. The molecule has 29 heavy (non-hydrogen) atoms. The lowest BCUT2D eigenvalue weighted by Gasteiger charge is -2.26. The van der Waals surface area contributed by atoms with Crippen LogP contribution in [0.4, 0.5) is 0 Å². The van der Waals surface area contributed by atoms with Crippen LogP contribution in [-0.4, -0.2) is 45.9 Å². The van der Waals surface area contributed by atoms with Gasteiger partial charge < -0.3 is 14.8 Å². The minimum atomic E-state index is -0.281. The number of hydrogen-bond donors (Lipinski definition) is 1. The number of fused-ring (bicyclic) bond motifs is 1. The van der Waals surface area contributed by atoms with Gasteiger partial charge in [-0.2, -0.15) is 4.68 Å². The van der Waals surface area contributed by atoms with Gasteiger partial charge in [-0.25, -0.2) is 0 Å². The molecule has 0 spiro atoms. The fourth-order valence-corrected chi connectivity index (χ4v) is 3.25. The largest absolute Gasteiger partial charge is 0.497 e. The first-order valence-corrected chi connectivity index (χ1v) is 9.26. The summed E-state index contributed by atoms with van der Waals surface area (Å²) in [7, 11) is 1.60. The Kier molecular flexibility index (Phi) is 5.24. The summed E-state index contributed by atoms with van der Waals surface area (Å²) in [6, 6.07) is 15.1. The molecule has 1 amide bonds. The van der Waals surface area contributed by atoms with Crippen LogP contribution in [0.5, 0.6) is 11.5 Å². The number of ether oxygens (including phenoxy) is 2. The third-order valence-corrected chi connectivity index (χ3v) is 4.70. The summed E-state index contributed by atoms with van der Waals surface area (Å²) in [5, 5.41) is 14.6. The van der Waals surface area contributed by atoms with E-state index in [1.807, 2.05) is 48.5 Å². The molecule has 1 unspecified atom stereocenters. The fraction of sp³-hybridized carbons (Fsp3) is 0.238. The Bertz CT molecular complexity index is 1060. The number of amides is 1. The first-order valence-electron chi connectivity index (χ1n) is 9.26. The Morgan fingerprint density at radius 3 is 2.93 bits per heavy atom. The highest BCUT2D eigenvalue weighted by Gasteiger charge is 2.24. The van der Waals surface area contributed by atoms with Crippen LogP contribution in [0, 0.1) is 6.92 Å². The van der Waals surface area contributed by atoms with E-state index in [1.165, 1.54) is 4.68 Å². The van der Waals surface area contributed by atoms with Crippen molar-refractivity contribution in [2.24, 2.45) is 0 Å². The number of aryl methyl sites for hydroxylation is 1. The van der Waals surface area contributed by atoms with Crippen molar-refractivity contribution in [3.63, 3.8) is 0 Å². The molecule has 0 saturated heterocycles. The van der Waals surface area contributed by atoms with Crippen molar-refractivity contribution in [2.75, 3.05) is 13.7 Å². The van der Waals surface area contributed by atoms with Crippen molar-refractivity contribution in [1.29, 1.82) is 0 Å². The predicted molar refractivity (Wildman–Crippen MR) is 107 cm³/mol. The fourth-order valence-electron chi connectivity index (χ4n) is 3.25. The standard InChI is InChI=1S/C21H21N5O3/c1-14-23-24-25-26(14)19(11-15-6-5-8-18(10-15)28-2)21(27)22-17-12-16-7-3-4-9-20(16)29-13-17/h3-11,17H,12-13H2,1-2H3,(H,22,27)/b19-11-. The summed E-state index contributed by atoms with van der Waals surface area (Å²) in [4.78, 5) is 13.2. The molecule has 0 radical (unpaired) electrons. The van der Waals surface area contributed by atoms with Gasteiger partial charge in [-0.05, 0) is 59.2 Å². The molecule has 1 N–H and O–H groups in total. The number of benzene rings is 2. The molecule has 2 heterocycles. The van der Waals surface area contributed by atoms with E-state index in [-0.39, 0.29) is 11.9 Å². The Hall–Kier alpha value is -3.68. The van der Waals surface area contributed by atoms with E-state index < -0.39 is 0 Å². The molecule has 148 valence electrons. The van der Waals surface area contributed by atoms with Crippen molar-refractivity contribution in [3.05, 3.63) is 65.5 Å². The van der Waals surface area contributed by atoms with Gasteiger partial charge in [-0.1, -0.05) is 30.3 Å². The normalized spacial score (nSPS) is 15.9. The van der Waals surface area contributed by atoms with Crippen LogP contribution in [0.1, 0.15) is 17.0 Å². The molecule has 8 nitrogen and oxygen atoms in total. The number of nitrogens with zero attached hydrogens (tertiary/aromatic N) is 4. The summed E-state index contributed by atoms with van der Waals surface area (Å²) >= 11 is 0. The minimum Gasteiger partial charge on any atom is -0.497 e. The zero-order chi connectivity index (χ0) is 20.2. The molecule has 0 saturated carbocycles. The molecule has 4 rings (SSSR count). The zero-order valence-electron chi connectivity index (χ0n) is 16.2. The number of hydrogen-bond acceptors (Lipinski definition) is 6. The molecule has 0 fully saturated rings. The van der Waals surface area contributed by atoms with Crippen molar-refractivity contribution < 1.29 is 14.3 Å². The highest BCUT2D eigenvalue weighted by atomic mass is 16.5. The molecule has 0 bridgehead atoms. The molecule has 8 heteroatoms. The monoisotopic (exact) mass is 391 g/mol. The summed E-state index contributed by atoms with van der Waals surface area (Å²) in [5.41, 5.74) is 2.19. The lowest BCUT2D eigenvalue weighted by molar-refractivity contribution is -0.117. The number of tetrazole rings is 1. The van der Waals surface area contributed by atoms with Gasteiger partial charge in [0.15, 0.2) is 5.82 Å². The topological polar surface area (TPSA) is 91.2 Å². The van der Waals surface area contributed by atoms with Gasteiger partial charge in [0.1, 0.15) is 23.8 Å². The Morgan fingerprint density at radius 2 is 2.14 bits per heavy atom. The van der Waals surface area contributed by atoms with Crippen molar-refractivity contribution in [3.8, 4) is 11.5 Å². The first kappa shape index (κ1) is 18.7. The maximum Gasteiger partial charge on any atom is 0.270 e. The number of carbonyl (C=O) groups is 1. The van der Waals surface area contributed by atoms with E-state index in [0.29, 0.717) is 30.3 Å². The lowest BCUT2D eigenvalue weighted by Crippen LogP contribution is -2.43. The van der Waals surface area contributed by atoms with Crippen molar-refractivity contribution in [2.45, 2.75) is 19.4 Å². The molecule has 3 aromatic rings. The maximum atomic E-state index is 13.2. The first-order chi connectivity index (χ1) is 14.1. The quantitative estimate of drug-likeness (QED) is 0.670. The zero-order valence-corrected chi connectivity index (χ0v) is 16.2. The van der Waals surface area contributed by atoms with E-state index in [1.54, 1.807) is 20.1 Å². The van der Waals surface area contributed by atoms with Gasteiger partial charge in [-0.15, -0.1) is 5.10 Å². The van der Waals surface area contributed by atoms with Crippen LogP contribution >= 0.6 is 0 Å². The highest BCUT2D eigenvalue weighted by molar-refractivity contribution is 6.18. The second-order valence-corrected chi connectivity index (χ2v) is 6.74. The van der Waals surface area contributed by atoms with E-state index in [4.69, 9.17) is 9.47 Å². The van der Waals surface area contributed by atoms with E-state index in [0.717, 1.165) is 16.9 Å². The maximum absolute atomic E-state index is 13.2. The van der Waals surface area contributed by atoms with Crippen LogP contribution in [0.15, 0.2) is 48.5 Å². The number of para-hydroxylation sites is 1. The van der Waals surface area contributed by atoms with E-state index >= 15 is 0 Å². The predicted octanol–water partition coefficient (Wildman–Crippen LogP) is 2.11. The number of nitrogens with one attached hydrogen (secondary N) is 1. The molecule has 1 aliphatic heterocycles. The van der Waals surface area contributed by atoms with Crippen molar-refractivity contribution >= 4 is 17.7 Å². The summed E-state index contributed by atoms with van der Waals surface area (Å²) in [5.74, 6) is 1.79. The van der Waals surface area contributed by atoms with E-state index in [2.05, 4.69) is 20.8 Å². The Labute approximate surface area is 168 Å². The summed E-state index contributed by atoms with van der Waals surface area (Å²) in [6.07, 6.45) is 2.43.